The van der Waals surface area contributed by atoms with Gasteiger partial charge in [0.25, 0.3) is 0 Å². The standard InChI is InChI=1S/C16H26O4.C16H24O4.2C2H6/c2*1-12(2)10-14(17)13-6-7-15(19-4)16(11-13)20-9-5-8-18-3;2*1-2/h6-7,11-12,14,17H,5,8-10H2,1-4H3;6-7,11-12H,5,8-10H2,1-4H3;2*1-2H3. The summed E-state index contributed by atoms with van der Waals surface area (Å²) in [5.74, 6) is 3.52. The summed E-state index contributed by atoms with van der Waals surface area (Å²) in [7, 11) is 6.53. The van der Waals surface area contributed by atoms with Gasteiger partial charge in [-0.2, -0.15) is 0 Å². The number of ketones is 1. The lowest BCUT2D eigenvalue weighted by atomic mass is 9.99. The van der Waals surface area contributed by atoms with E-state index in [1.54, 1.807) is 46.6 Å². The van der Waals surface area contributed by atoms with Crippen LogP contribution in [-0.2, 0) is 9.47 Å². The minimum atomic E-state index is -0.470. The number of carbonyl (C=O) groups excluding carboxylic acids is 1. The van der Waals surface area contributed by atoms with Gasteiger partial charge in [0.15, 0.2) is 28.8 Å². The predicted molar refractivity (Wildman–Crippen MR) is 181 cm³/mol. The molecule has 0 aliphatic heterocycles. The first kappa shape index (κ1) is 43.3. The van der Waals surface area contributed by atoms with Crippen molar-refractivity contribution in [2.24, 2.45) is 11.8 Å². The third-order valence-electron chi connectivity index (χ3n) is 5.85. The number of aliphatic hydroxyl groups is 1. The first-order chi connectivity index (χ1) is 21.2. The molecule has 1 atom stereocenters. The Morgan fingerprint density at radius 1 is 0.659 bits per heavy atom. The van der Waals surface area contributed by atoms with E-state index in [0.29, 0.717) is 73.2 Å². The normalized spacial score (nSPS) is 10.8. The highest BCUT2D eigenvalue weighted by molar-refractivity contribution is 5.96. The van der Waals surface area contributed by atoms with Gasteiger partial charge in [-0.15, -0.1) is 0 Å². The first-order valence-corrected chi connectivity index (χ1v) is 16.0. The van der Waals surface area contributed by atoms with Crippen molar-refractivity contribution >= 4 is 5.78 Å². The highest BCUT2D eigenvalue weighted by atomic mass is 16.5. The van der Waals surface area contributed by atoms with Gasteiger partial charge in [0, 0.05) is 52.3 Å². The Morgan fingerprint density at radius 2 is 1.14 bits per heavy atom. The zero-order valence-corrected chi connectivity index (χ0v) is 29.7. The number of rotatable bonds is 18. The fourth-order valence-corrected chi connectivity index (χ4v) is 3.82. The third kappa shape index (κ3) is 18.8. The van der Waals surface area contributed by atoms with E-state index in [1.165, 1.54) is 0 Å². The van der Waals surface area contributed by atoms with Crippen molar-refractivity contribution in [1.29, 1.82) is 0 Å². The van der Waals surface area contributed by atoms with Gasteiger partial charge in [-0.1, -0.05) is 61.5 Å². The van der Waals surface area contributed by atoms with Gasteiger partial charge < -0.3 is 33.5 Å². The number of hydrogen-bond donors (Lipinski definition) is 1. The quantitative estimate of drug-likeness (QED) is 0.131. The smallest absolute Gasteiger partial charge is 0.163 e. The molecule has 0 spiro atoms. The van der Waals surface area contributed by atoms with E-state index in [4.69, 9.17) is 28.4 Å². The number of hydrogen-bond acceptors (Lipinski definition) is 8. The molecule has 0 saturated heterocycles. The van der Waals surface area contributed by atoms with E-state index in [1.807, 2.05) is 59.7 Å². The van der Waals surface area contributed by atoms with Crippen LogP contribution in [0.5, 0.6) is 23.0 Å². The van der Waals surface area contributed by atoms with Crippen molar-refractivity contribution in [1.82, 2.24) is 0 Å². The molecule has 0 aliphatic carbocycles. The van der Waals surface area contributed by atoms with Gasteiger partial charge >= 0.3 is 0 Å². The molecular formula is C36H62O8. The average molecular weight is 623 g/mol. The van der Waals surface area contributed by atoms with Gasteiger partial charge in [0.05, 0.1) is 33.5 Å². The number of benzene rings is 2. The van der Waals surface area contributed by atoms with Crippen molar-refractivity contribution in [3.05, 3.63) is 47.5 Å². The third-order valence-corrected chi connectivity index (χ3v) is 5.85. The molecule has 0 bridgehead atoms. The van der Waals surface area contributed by atoms with Crippen molar-refractivity contribution in [3.8, 4) is 23.0 Å². The molecule has 0 fully saturated rings. The number of ether oxygens (including phenoxy) is 6. The van der Waals surface area contributed by atoms with Crippen LogP contribution in [0.25, 0.3) is 0 Å². The minimum Gasteiger partial charge on any atom is -0.493 e. The summed E-state index contributed by atoms with van der Waals surface area (Å²) in [5.41, 5.74) is 1.53. The van der Waals surface area contributed by atoms with Crippen LogP contribution in [0.3, 0.4) is 0 Å². The first-order valence-electron chi connectivity index (χ1n) is 16.0. The summed E-state index contributed by atoms with van der Waals surface area (Å²) >= 11 is 0. The second-order valence-corrected chi connectivity index (χ2v) is 10.3. The molecule has 2 aromatic rings. The maximum absolute atomic E-state index is 12.1. The van der Waals surface area contributed by atoms with Crippen molar-refractivity contribution in [2.45, 2.75) is 87.2 Å². The number of Topliss-reactive ketones (excluding diaryl/α,β-unsaturated/α-hetero) is 1. The average Bonchev–Trinajstić information content (AvgIpc) is 3.02. The van der Waals surface area contributed by atoms with E-state index in [2.05, 4.69) is 13.8 Å². The molecule has 44 heavy (non-hydrogen) atoms. The van der Waals surface area contributed by atoms with Crippen molar-refractivity contribution < 1.29 is 38.3 Å². The largest absolute Gasteiger partial charge is 0.493 e. The lowest BCUT2D eigenvalue weighted by molar-refractivity contribution is 0.0967. The lowest BCUT2D eigenvalue weighted by Gasteiger charge is -2.16. The molecule has 0 saturated carbocycles. The summed E-state index contributed by atoms with van der Waals surface area (Å²) in [5, 5.41) is 10.2. The maximum Gasteiger partial charge on any atom is 0.163 e. The van der Waals surface area contributed by atoms with Crippen LogP contribution >= 0.6 is 0 Å². The monoisotopic (exact) mass is 622 g/mol. The highest BCUT2D eigenvalue weighted by Gasteiger charge is 2.14. The Hall–Kier alpha value is -2.81. The summed E-state index contributed by atoms with van der Waals surface area (Å²) in [6.07, 6.45) is 2.41. The zero-order valence-electron chi connectivity index (χ0n) is 29.7. The van der Waals surface area contributed by atoms with Gasteiger partial charge in [0.1, 0.15) is 0 Å². The summed E-state index contributed by atoms with van der Waals surface area (Å²) < 4.78 is 31.9. The molecule has 8 nitrogen and oxygen atoms in total. The molecule has 2 rings (SSSR count). The van der Waals surface area contributed by atoms with E-state index in [9.17, 15) is 9.90 Å². The summed E-state index contributed by atoms with van der Waals surface area (Å²) in [6, 6.07) is 10.9. The molecule has 0 aromatic heterocycles. The Bertz CT molecular complexity index is 975. The predicted octanol–water partition coefficient (Wildman–Crippen LogP) is 8.58. The zero-order chi connectivity index (χ0) is 33.9. The molecule has 0 aliphatic rings. The van der Waals surface area contributed by atoms with Crippen LogP contribution in [0, 0.1) is 11.8 Å². The number of carbonyl (C=O) groups is 1. The molecule has 0 amide bonds. The topological polar surface area (TPSA) is 92.7 Å². The summed E-state index contributed by atoms with van der Waals surface area (Å²) in [6.45, 7) is 18.7. The second kappa shape index (κ2) is 27.7. The van der Waals surface area contributed by atoms with Crippen LogP contribution in [0.15, 0.2) is 36.4 Å². The number of aliphatic hydroxyl groups excluding tert-OH is 1. The van der Waals surface area contributed by atoms with Gasteiger partial charge in [-0.05, 0) is 54.2 Å². The molecule has 0 heterocycles. The van der Waals surface area contributed by atoms with Gasteiger partial charge in [0.2, 0.25) is 0 Å². The van der Waals surface area contributed by atoms with E-state index in [0.717, 1.165) is 24.8 Å². The van der Waals surface area contributed by atoms with Crippen LogP contribution in [0.4, 0.5) is 0 Å². The van der Waals surface area contributed by atoms with Crippen LogP contribution in [0.1, 0.15) is 103 Å². The van der Waals surface area contributed by atoms with Gasteiger partial charge in [-0.25, -0.2) is 0 Å². The van der Waals surface area contributed by atoms with Crippen molar-refractivity contribution in [2.75, 3.05) is 54.9 Å². The maximum atomic E-state index is 12.1. The van der Waals surface area contributed by atoms with Crippen LogP contribution < -0.4 is 18.9 Å². The van der Waals surface area contributed by atoms with E-state index < -0.39 is 6.10 Å². The fourth-order valence-electron chi connectivity index (χ4n) is 3.82. The Morgan fingerprint density at radius 3 is 1.57 bits per heavy atom. The van der Waals surface area contributed by atoms with Crippen molar-refractivity contribution in [3.63, 3.8) is 0 Å². The van der Waals surface area contributed by atoms with Gasteiger partial charge in [-0.3, -0.25) is 4.79 Å². The second-order valence-electron chi connectivity index (χ2n) is 10.3. The molecule has 0 radical (unpaired) electrons. The molecule has 8 heteroatoms. The van der Waals surface area contributed by atoms with E-state index in [-0.39, 0.29) is 5.78 Å². The molecule has 254 valence electrons. The fraction of sp³-hybridized carbons (Fsp3) is 0.639. The molecule has 1 N–H and O–H groups in total. The Kier molecular flexibility index (Phi) is 27.3. The van der Waals surface area contributed by atoms with E-state index >= 15 is 0 Å². The Balaban J connectivity index is 0. The molecular weight excluding hydrogens is 560 g/mol. The molecule has 1 unspecified atom stereocenters. The highest BCUT2D eigenvalue weighted by Crippen LogP contribution is 2.32. The Labute approximate surface area is 268 Å². The lowest BCUT2D eigenvalue weighted by Crippen LogP contribution is -2.06. The molecule has 2 aromatic carbocycles. The van der Waals surface area contributed by atoms with Crippen LogP contribution in [0.2, 0.25) is 0 Å². The SMILES string of the molecule is CC.CC.COCCCOc1cc(C(=O)CC(C)C)ccc1OC.COCCCOc1cc(C(O)CC(C)C)ccc1OC. The van der Waals surface area contributed by atoms with Crippen LogP contribution in [-0.4, -0.2) is 65.8 Å². The minimum absolute atomic E-state index is 0.129. The summed E-state index contributed by atoms with van der Waals surface area (Å²) in [4.78, 5) is 12.1. The number of methoxy groups -OCH3 is 4.